The SMILES string of the molecule is C=CC1=C(/C=C(\C)c2ccc(C)cc2)C(C)(C)c2cc(-c3ccc(-c4c5ccccc5c(C5=CC(C)CC=C5)c5ccccc45)cc3)ccc21. The second-order valence-corrected chi connectivity index (χ2v) is 14.8. The molecule has 0 radical (unpaired) electrons. The van der Waals surface area contributed by atoms with Crippen LogP contribution in [0.3, 0.4) is 0 Å². The first-order valence-electron chi connectivity index (χ1n) is 17.9. The second kappa shape index (κ2) is 12.5. The molecule has 244 valence electrons. The minimum Gasteiger partial charge on any atom is -0.0984 e. The van der Waals surface area contributed by atoms with Crippen molar-refractivity contribution in [1.29, 1.82) is 0 Å². The van der Waals surface area contributed by atoms with E-state index in [9.17, 15) is 0 Å². The van der Waals surface area contributed by atoms with E-state index in [1.54, 1.807) is 0 Å². The van der Waals surface area contributed by atoms with Crippen LogP contribution >= 0.6 is 0 Å². The van der Waals surface area contributed by atoms with Gasteiger partial charge in [0, 0.05) is 5.41 Å². The summed E-state index contributed by atoms with van der Waals surface area (Å²) in [4.78, 5) is 0. The van der Waals surface area contributed by atoms with Crippen LogP contribution in [-0.4, -0.2) is 0 Å². The highest BCUT2D eigenvalue weighted by Crippen LogP contribution is 2.49. The summed E-state index contributed by atoms with van der Waals surface area (Å²) in [5, 5.41) is 5.21. The van der Waals surface area contributed by atoms with Gasteiger partial charge in [-0.15, -0.1) is 0 Å². The highest BCUT2D eigenvalue weighted by molar-refractivity contribution is 6.19. The van der Waals surface area contributed by atoms with Crippen LogP contribution < -0.4 is 0 Å². The van der Waals surface area contributed by atoms with Crippen LogP contribution in [0.4, 0.5) is 0 Å². The summed E-state index contributed by atoms with van der Waals surface area (Å²) in [6.45, 7) is 15.6. The molecule has 0 saturated heterocycles. The number of allylic oxidation sites excluding steroid dienone is 9. The van der Waals surface area contributed by atoms with Crippen molar-refractivity contribution in [3.63, 3.8) is 0 Å². The lowest BCUT2D eigenvalue weighted by Gasteiger charge is -2.24. The number of hydrogen-bond acceptors (Lipinski definition) is 0. The van der Waals surface area contributed by atoms with Crippen molar-refractivity contribution < 1.29 is 0 Å². The average molecular weight is 645 g/mol. The van der Waals surface area contributed by atoms with Gasteiger partial charge in [-0.2, -0.15) is 0 Å². The van der Waals surface area contributed by atoms with E-state index in [1.807, 2.05) is 6.08 Å². The Bertz CT molecular complexity index is 2380. The van der Waals surface area contributed by atoms with Crippen LogP contribution in [0.15, 0.2) is 158 Å². The highest BCUT2D eigenvalue weighted by atomic mass is 14.4. The number of aryl methyl sites for hydroxylation is 1. The predicted octanol–water partition coefficient (Wildman–Crippen LogP) is 13.9. The molecule has 2 aliphatic rings. The first kappa shape index (κ1) is 31.8. The minimum absolute atomic E-state index is 0.152. The standard InChI is InChI=1S/C50H44/c1-7-40-41-28-27-38(31-47(41)50(5,6)46(40)30-34(4)35-21-19-32(2)20-22-35)36-23-25-37(26-24-36)48-42-15-8-10-17-44(42)49(39-14-12-13-33(3)29-39)45-18-11-9-16-43(45)48/h7-12,14-31,33H,1,13H2,2-6H3/b34-30+. The molecule has 0 fully saturated rings. The monoisotopic (exact) mass is 644 g/mol. The molecule has 0 bridgehead atoms. The molecule has 6 aromatic rings. The van der Waals surface area contributed by atoms with Crippen molar-refractivity contribution in [2.24, 2.45) is 5.92 Å². The predicted molar refractivity (Wildman–Crippen MR) is 218 cm³/mol. The van der Waals surface area contributed by atoms with Crippen LogP contribution in [-0.2, 0) is 5.41 Å². The van der Waals surface area contributed by atoms with Crippen LogP contribution in [0.25, 0.3) is 60.5 Å². The van der Waals surface area contributed by atoms with Crippen molar-refractivity contribution in [1.82, 2.24) is 0 Å². The zero-order chi connectivity index (χ0) is 34.6. The van der Waals surface area contributed by atoms with E-state index in [1.165, 1.54) is 93.9 Å². The van der Waals surface area contributed by atoms with Crippen molar-refractivity contribution in [2.45, 2.75) is 46.5 Å². The Morgan fingerprint density at radius 2 is 1.30 bits per heavy atom. The van der Waals surface area contributed by atoms with E-state index in [2.05, 4.69) is 181 Å². The van der Waals surface area contributed by atoms with Crippen LogP contribution in [0.2, 0.25) is 0 Å². The quantitative estimate of drug-likeness (QED) is 0.158. The zero-order valence-corrected chi connectivity index (χ0v) is 29.8. The molecule has 2 aliphatic carbocycles. The van der Waals surface area contributed by atoms with E-state index in [4.69, 9.17) is 0 Å². The molecule has 50 heavy (non-hydrogen) atoms. The smallest absolute Gasteiger partial charge is 0.0159 e. The molecule has 1 unspecified atom stereocenters. The third-order valence-corrected chi connectivity index (χ3v) is 11.0. The molecular weight excluding hydrogens is 601 g/mol. The maximum absolute atomic E-state index is 4.25. The van der Waals surface area contributed by atoms with Gasteiger partial charge in [-0.3, -0.25) is 0 Å². The number of hydrogen-bond donors (Lipinski definition) is 0. The van der Waals surface area contributed by atoms with Gasteiger partial charge in [0.15, 0.2) is 0 Å². The largest absolute Gasteiger partial charge is 0.0984 e. The second-order valence-electron chi connectivity index (χ2n) is 14.8. The third-order valence-electron chi connectivity index (χ3n) is 11.0. The first-order chi connectivity index (χ1) is 24.2. The van der Waals surface area contributed by atoms with Crippen LogP contribution in [0.1, 0.15) is 61.9 Å². The summed E-state index contributed by atoms with van der Waals surface area (Å²) in [6, 6.07) is 42.9. The van der Waals surface area contributed by atoms with E-state index in [-0.39, 0.29) is 5.41 Å². The van der Waals surface area contributed by atoms with Gasteiger partial charge in [-0.1, -0.05) is 172 Å². The summed E-state index contributed by atoms with van der Waals surface area (Å²) in [6.07, 6.45) is 12.6. The molecule has 0 heteroatoms. The fraction of sp³-hybridized carbons (Fsp3) is 0.160. The molecule has 0 spiro atoms. The van der Waals surface area contributed by atoms with Crippen LogP contribution in [0, 0.1) is 12.8 Å². The minimum atomic E-state index is -0.152. The number of fused-ring (bicyclic) bond motifs is 3. The summed E-state index contributed by atoms with van der Waals surface area (Å²) in [5.41, 5.74) is 16.5. The molecule has 0 aliphatic heterocycles. The van der Waals surface area contributed by atoms with Crippen molar-refractivity contribution in [3.8, 4) is 22.3 Å². The Morgan fingerprint density at radius 3 is 1.90 bits per heavy atom. The van der Waals surface area contributed by atoms with E-state index < -0.39 is 0 Å². The van der Waals surface area contributed by atoms with Gasteiger partial charge in [0.05, 0.1) is 0 Å². The Labute approximate surface area is 297 Å². The lowest BCUT2D eigenvalue weighted by Crippen LogP contribution is -2.16. The average Bonchev–Trinajstić information content (AvgIpc) is 3.35. The van der Waals surface area contributed by atoms with Crippen molar-refractivity contribution in [3.05, 3.63) is 186 Å². The van der Waals surface area contributed by atoms with Crippen LogP contribution in [0.5, 0.6) is 0 Å². The Balaban J connectivity index is 1.19. The molecule has 0 aromatic heterocycles. The maximum Gasteiger partial charge on any atom is 0.0159 e. The molecule has 0 N–H and O–H groups in total. The molecular formula is C50H44. The molecule has 0 amide bonds. The van der Waals surface area contributed by atoms with Gasteiger partial charge in [0.1, 0.15) is 0 Å². The molecule has 8 rings (SSSR count). The lowest BCUT2D eigenvalue weighted by atomic mass is 9.79. The van der Waals surface area contributed by atoms with Crippen molar-refractivity contribution in [2.75, 3.05) is 0 Å². The Morgan fingerprint density at radius 1 is 0.720 bits per heavy atom. The van der Waals surface area contributed by atoms with Gasteiger partial charge in [-0.25, -0.2) is 0 Å². The summed E-state index contributed by atoms with van der Waals surface area (Å²) >= 11 is 0. The molecule has 0 saturated carbocycles. The third kappa shape index (κ3) is 5.31. The van der Waals surface area contributed by atoms with Gasteiger partial charge in [0.2, 0.25) is 0 Å². The molecule has 6 aromatic carbocycles. The van der Waals surface area contributed by atoms with E-state index >= 15 is 0 Å². The van der Waals surface area contributed by atoms with Crippen molar-refractivity contribution >= 4 is 38.3 Å². The summed E-state index contributed by atoms with van der Waals surface area (Å²) in [5.74, 6) is 0.537. The molecule has 0 heterocycles. The molecule has 0 nitrogen and oxygen atoms in total. The van der Waals surface area contributed by atoms with Gasteiger partial charge >= 0.3 is 0 Å². The normalized spacial score (nSPS) is 16.9. The maximum atomic E-state index is 4.25. The van der Waals surface area contributed by atoms with Gasteiger partial charge in [0.25, 0.3) is 0 Å². The highest BCUT2D eigenvalue weighted by Gasteiger charge is 2.36. The Kier molecular flexibility index (Phi) is 7.92. The fourth-order valence-corrected chi connectivity index (χ4v) is 8.28. The fourth-order valence-electron chi connectivity index (χ4n) is 8.28. The number of rotatable bonds is 6. The molecule has 1 atom stereocenters. The van der Waals surface area contributed by atoms with Gasteiger partial charge in [-0.05, 0) is 121 Å². The topological polar surface area (TPSA) is 0 Å². The van der Waals surface area contributed by atoms with E-state index in [0.29, 0.717) is 5.92 Å². The summed E-state index contributed by atoms with van der Waals surface area (Å²) in [7, 11) is 0. The van der Waals surface area contributed by atoms with Gasteiger partial charge < -0.3 is 0 Å². The van der Waals surface area contributed by atoms with E-state index in [0.717, 1.165) is 6.42 Å². The Hall–Kier alpha value is -5.46. The summed E-state index contributed by atoms with van der Waals surface area (Å²) < 4.78 is 0. The first-order valence-corrected chi connectivity index (χ1v) is 17.9. The number of benzene rings is 6. The lowest BCUT2D eigenvalue weighted by molar-refractivity contribution is 0.654. The zero-order valence-electron chi connectivity index (χ0n) is 29.8.